The number of hydrogen-bond acceptors (Lipinski definition) is 4. The van der Waals surface area contributed by atoms with Crippen LogP contribution in [-0.4, -0.2) is 62.3 Å². The largest absolute Gasteiger partial charge is 0.336 e. The second-order valence-corrected chi connectivity index (χ2v) is 8.40. The molecule has 1 aliphatic carbocycles. The second-order valence-electron chi connectivity index (χ2n) is 7.96. The summed E-state index contributed by atoms with van der Waals surface area (Å²) in [5, 5.41) is 0.527. The Hall–Kier alpha value is -1.66. The van der Waals surface area contributed by atoms with E-state index in [1.807, 2.05) is 4.90 Å². The summed E-state index contributed by atoms with van der Waals surface area (Å²) in [5.41, 5.74) is 0.443. The molecule has 0 aromatic carbocycles. The number of rotatable bonds is 4. The van der Waals surface area contributed by atoms with Crippen LogP contribution >= 0.6 is 11.6 Å². The minimum Gasteiger partial charge on any atom is -0.336 e. The van der Waals surface area contributed by atoms with Gasteiger partial charge in [0.1, 0.15) is 5.69 Å². The van der Waals surface area contributed by atoms with Crippen molar-refractivity contribution in [2.75, 3.05) is 26.2 Å². The van der Waals surface area contributed by atoms with E-state index in [-0.39, 0.29) is 5.91 Å². The van der Waals surface area contributed by atoms with Gasteiger partial charge in [0.15, 0.2) is 0 Å². The molecule has 1 saturated carbocycles. The van der Waals surface area contributed by atoms with Crippen molar-refractivity contribution in [3.8, 4) is 0 Å². The zero-order valence-corrected chi connectivity index (χ0v) is 16.2. The summed E-state index contributed by atoms with van der Waals surface area (Å²) in [6, 6.07) is 0.409. The molecule has 0 bridgehead atoms. The van der Waals surface area contributed by atoms with Gasteiger partial charge < -0.3 is 4.90 Å². The Balaban J connectivity index is 1.54. The number of aromatic nitrogens is 3. The minimum absolute atomic E-state index is 0.00876. The number of amides is 1. The minimum atomic E-state index is -0.00876. The first-order chi connectivity index (χ1) is 12.5. The molecule has 26 heavy (non-hydrogen) atoms. The van der Waals surface area contributed by atoms with Gasteiger partial charge in [0.05, 0.1) is 11.2 Å². The normalized spacial score (nSPS) is 22.2. The Morgan fingerprint density at radius 1 is 1.31 bits per heavy atom. The molecule has 6 nitrogen and oxygen atoms in total. The van der Waals surface area contributed by atoms with Crippen LogP contribution in [0, 0.1) is 11.8 Å². The van der Waals surface area contributed by atoms with Crippen LogP contribution in [0.15, 0.2) is 18.6 Å². The van der Waals surface area contributed by atoms with Crippen LogP contribution in [-0.2, 0) is 0 Å². The van der Waals surface area contributed by atoms with E-state index in [4.69, 9.17) is 11.6 Å². The van der Waals surface area contributed by atoms with Crippen LogP contribution in [0.3, 0.4) is 0 Å². The van der Waals surface area contributed by atoms with E-state index >= 15 is 0 Å². The van der Waals surface area contributed by atoms with Crippen molar-refractivity contribution in [1.82, 2.24) is 24.2 Å². The lowest BCUT2D eigenvalue weighted by Crippen LogP contribution is -2.46. The number of carbonyl (C=O) groups excluding carboxylic acids is 1. The Bertz CT molecular complexity index is 800. The molecule has 3 heterocycles. The van der Waals surface area contributed by atoms with Crippen molar-refractivity contribution in [1.29, 1.82) is 0 Å². The Kier molecular flexibility index (Phi) is 4.88. The maximum atomic E-state index is 13.1. The van der Waals surface area contributed by atoms with Crippen molar-refractivity contribution in [3.05, 3.63) is 29.3 Å². The van der Waals surface area contributed by atoms with Crippen molar-refractivity contribution in [3.63, 3.8) is 0 Å². The molecule has 0 radical (unpaired) electrons. The molecule has 140 valence electrons. The quantitative estimate of drug-likeness (QED) is 0.824. The van der Waals surface area contributed by atoms with Crippen LogP contribution in [0.5, 0.6) is 0 Å². The van der Waals surface area contributed by atoms with E-state index in [1.165, 1.54) is 19.4 Å². The van der Waals surface area contributed by atoms with Crippen LogP contribution in [0.4, 0.5) is 0 Å². The molecule has 7 heteroatoms. The molecule has 2 aromatic heterocycles. The summed E-state index contributed by atoms with van der Waals surface area (Å²) in [6.07, 6.45) is 8.74. The van der Waals surface area contributed by atoms with Gasteiger partial charge in [-0.2, -0.15) is 0 Å². The molecule has 1 unspecified atom stereocenters. The molecule has 2 fully saturated rings. The zero-order valence-electron chi connectivity index (χ0n) is 15.4. The van der Waals surface area contributed by atoms with Crippen molar-refractivity contribution < 1.29 is 4.79 Å². The molecule has 4 rings (SSSR count). The molecule has 0 N–H and O–H groups in total. The summed E-state index contributed by atoms with van der Waals surface area (Å²) in [4.78, 5) is 26.3. The third-order valence-electron chi connectivity index (χ3n) is 5.49. The van der Waals surface area contributed by atoms with Gasteiger partial charge in [0, 0.05) is 44.6 Å². The molecule has 1 atom stereocenters. The van der Waals surface area contributed by atoms with E-state index in [9.17, 15) is 4.79 Å². The fourth-order valence-electron chi connectivity index (χ4n) is 3.86. The second kappa shape index (κ2) is 7.16. The molecular formula is C19H26ClN5O. The van der Waals surface area contributed by atoms with Gasteiger partial charge in [-0.25, -0.2) is 9.97 Å². The van der Waals surface area contributed by atoms with E-state index in [0.717, 1.165) is 32.0 Å². The maximum absolute atomic E-state index is 13.1. The van der Waals surface area contributed by atoms with E-state index in [1.54, 1.807) is 23.0 Å². The Morgan fingerprint density at radius 2 is 2.12 bits per heavy atom. The predicted molar refractivity (Wildman–Crippen MR) is 101 cm³/mol. The first-order valence-electron chi connectivity index (χ1n) is 9.55. The smallest absolute Gasteiger partial charge is 0.274 e. The number of imidazole rings is 1. The highest BCUT2D eigenvalue weighted by Gasteiger charge is 2.34. The molecule has 1 aliphatic heterocycles. The summed E-state index contributed by atoms with van der Waals surface area (Å²) in [7, 11) is 0. The van der Waals surface area contributed by atoms with Gasteiger partial charge in [-0.3, -0.25) is 14.1 Å². The van der Waals surface area contributed by atoms with Gasteiger partial charge in [-0.15, -0.1) is 0 Å². The van der Waals surface area contributed by atoms with Gasteiger partial charge in [0.2, 0.25) is 5.78 Å². The zero-order chi connectivity index (χ0) is 18.3. The highest BCUT2D eigenvalue weighted by Crippen LogP contribution is 2.32. The number of halogens is 1. The Labute approximate surface area is 159 Å². The van der Waals surface area contributed by atoms with Gasteiger partial charge in [0.25, 0.3) is 5.91 Å². The molecular weight excluding hydrogens is 350 g/mol. The highest BCUT2D eigenvalue weighted by molar-refractivity contribution is 6.30. The monoisotopic (exact) mass is 375 g/mol. The van der Waals surface area contributed by atoms with Crippen LogP contribution < -0.4 is 0 Å². The summed E-state index contributed by atoms with van der Waals surface area (Å²) in [6.45, 7) is 8.33. The van der Waals surface area contributed by atoms with Gasteiger partial charge in [-0.05, 0) is 31.1 Å². The maximum Gasteiger partial charge on any atom is 0.274 e. The topological polar surface area (TPSA) is 53.7 Å². The lowest BCUT2D eigenvalue weighted by Gasteiger charge is -2.34. The first-order valence-corrected chi connectivity index (χ1v) is 9.92. The number of fused-ring (bicyclic) bond motifs is 1. The van der Waals surface area contributed by atoms with Crippen molar-refractivity contribution in [2.45, 2.75) is 39.2 Å². The average molecular weight is 376 g/mol. The average Bonchev–Trinajstić information content (AvgIpc) is 3.36. The SMILES string of the molecule is CC(C)C1CN(C(=O)c2cn3cc(Cl)cnc3n2)CCCN1CC1CC1. The lowest BCUT2D eigenvalue weighted by molar-refractivity contribution is 0.0699. The standard InChI is InChI=1S/C19H26ClN5O/c1-13(2)17-12-24(7-3-6-23(17)9-14-4-5-14)18(26)16-11-25-10-15(20)8-21-19(25)22-16/h8,10-11,13-14,17H,3-7,9,12H2,1-2H3. The third-order valence-corrected chi connectivity index (χ3v) is 5.69. The first kappa shape index (κ1) is 17.7. The fourth-order valence-corrected chi connectivity index (χ4v) is 4.02. The number of carbonyl (C=O) groups is 1. The van der Waals surface area contributed by atoms with Gasteiger partial charge in [-0.1, -0.05) is 25.4 Å². The molecule has 1 saturated heterocycles. The molecule has 2 aliphatic rings. The molecule has 0 spiro atoms. The lowest BCUT2D eigenvalue weighted by atomic mass is 10.0. The number of hydrogen-bond donors (Lipinski definition) is 0. The summed E-state index contributed by atoms with van der Waals surface area (Å²) in [5.74, 6) is 1.88. The summed E-state index contributed by atoms with van der Waals surface area (Å²) < 4.78 is 1.71. The van der Waals surface area contributed by atoms with E-state index in [0.29, 0.717) is 28.5 Å². The highest BCUT2D eigenvalue weighted by atomic mass is 35.5. The molecule has 1 amide bonds. The van der Waals surface area contributed by atoms with Crippen molar-refractivity contribution >= 4 is 23.3 Å². The summed E-state index contributed by atoms with van der Waals surface area (Å²) >= 11 is 5.98. The fraction of sp³-hybridized carbons (Fsp3) is 0.632. The van der Waals surface area contributed by atoms with Crippen LogP contribution in [0.25, 0.3) is 5.78 Å². The van der Waals surface area contributed by atoms with Crippen LogP contribution in [0.2, 0.25) is 5.02 Å². The molecule has 2 aromatic rings. The third kappa shape index (κ3) is 3.71. The number of nitrogens with zero attached hydrogens (tertiary/aromatic N) is 5. The van der Waals surface area contributed by atoms with E-state index in [2.05, 4.69) is 28.7 Å². The predicted octanol–water partition coefficient (Wildman–Crippen LogP) is 2.97. The van der Waals surface area contributed by atoms with E-state index < -0.39 is 0 Å². The van der Waals surface area contributed by atoms with Gasteiger partial charge >= 0.3 is 0 Å². The van der Waals surface area contributed by atoms with Crippen molar-refractivity contribution in [2.24, 2.45) is 11.8 Å². The Morgan fingerprint density at radius 3 is 2.85 bits per heavy atom. The van der Waals surface area contributed by atoms with Crippen LogP contribution in [0.1, 0.15) is 43.6 Å².